The standard InChI is InChI=1S/C32H41ClF3N7O3S/c1-37-27-24(32(34,35)36)16-20(17-25(27)33)18-26(29(44)41-11-4-22(5-12-41)40-9-2-3-10-40)38-30(45)42-13-6-23(7-14-42)43-19-21-8-15-47-28(21)39-31(43)46/h8,15-17,22-23,26,37H,2-7,9-14,18-19H2,1H3,(H,38,45)(H,39,46)/t26-/m1/s1. The zero-order valence-electron chi connectivity index (χ0n) is 26.4. The van der Waals surface area contributed by atoms with Crippen LogP contribution in [0.15, 0.2) is 23.6 Å². The number of benzene rings is 1. The van der Waals surface area contributed by atoms with Crippen LogP contribution in [0.5, 0.6) is 0 Å². The van der Waals surface area contributed by atoms with Gasteiger partial charge in [-0.25, -0.2) is 9.59 Å². The van der Waals surface area contributed by atoms with Crippen LogP contribution in [0.2, 0.25) is 5.02 Å². The summed E-state index contributed by atoms with van der Waals surface area (Å²) in [6.45, 7) is 4.44. The summed E-state index contributed by atoms with van der Waals surface area (Å²) in [7, 11) is 1.37. The molecule has 0 bridgehead atoms. The number of nitrogens with one attached hydrogen (secondary N) is 3. The Morgan fingerprint density at radius 3 is 2.34 bits per heavy atom. The number of piperidine rings is 2. The van der Waals surface area contributed by atoms with Gasteiger partial charge in [-0.15, -0.1) is 11.3 Å². The first-order chi connectivity index (χ1) is 22.5. The number of rotatable bonds is 7. The summed E-state index contributed by atoms with van der Waals surface area (Å²) < 4.78 is 41.9. The molecule has 15 heteroatoms. The number of alkyl halides is 3. The Morgan fingerprint density at radius 2 is 1.68 bits per heavy atom. The number of thiophene rings is 1. The van der Waals surface area contributed by atoms with Crippen molar-refractivity contribution in [2.75, 3.05) is 56.9 Å². The summed E-state index contributed by atoms with van der Waals surface area (Å²) >= 11 is 7.77. The largest absolute Gasteiger partial charge is 0.418 e. The van der Waals surface area contributed by atoms with Gasteiger partial charge < -0.3 is 30.2 Å². The Balaban J connectivity index is 1.15. The number of halogens is 4. The van der Waals surface area contributed by atoms with Crippen molar-refractivity contribution in [1.82, 2.24) is 24.9 Å². The highest BCUT2D eigenvalue weighted by molar-refractivity contribution is 7.14. The van der Waals surface area contributed by atoms with Crippen molar-refractivity contribution in [3.8, 4) is 0 Å². The number of carbonyl (C=O) groups excluding carboxylic acids is 3. The quantitative estimate of drug-likeness (QED) is 0.346. The highest BCUT2D eigenvalue weighted by Crippen LogP contribution is 2.40. The van der Waals surface area contributed by atoms with Crippen LogP contribution in [0.1, 0.15) is 55.2 Å². The lowest BCUT2D eigenvalue weighted by atomic mass is 9.98. The second-order valence-corrected chi connectivity index (χ2v) is 14.1. The topological polar surface area (TPSA) is 100 Å². The second-order valence-electron chi connectivity index (χ2n) is 12.8. The van der Waals surface area contributed by atoms with Gasteiger partial charge in [0.2, 0.25) is 5.91 Å². The van der Waals surface area contributed by atoms with Gasteiger partial charge in [-0.1, -0.05) is 11.6 Å². The average Bonchev–Trinajstić information content (AvgIpc) is 3.76. The number of anilines is 2. The molecule has 1 aromatic heterocycles. The zero-order chi connectivity index (χ0) is 33.3. The van der Waals surface area contributed by atoms with E-state index >= 15 is 0 Å². The summed E-state index contributed by atoms with van der Waals surface area (Å²) in [6.07, 6.45) is 0.323. The minimum atomic E-state index is -4.67. The van der Waals surface area contributed by atoms with E-state index < -0.39 is 23.8 Å². The Kier molecular flexibility index (Phi) is 10.1. The molecule has 0 aliphatic carbocycles. The number of urea groups is 2. The van der Waals surface area contributed by atoms with E-state index in [2.05, 4.69) is 20.9 Å². The molecule has 3 fully saturated rings. The first-order valence-corrected chi connectivity index (χ1v) is 17.6. The fourth-order valence-electron chi connectivity index (χ4n) is 7.38. The van der Waals surface area contributed by atoms with Crippen molar-refractivity contribution < 1.29 is 27.6 Å². The van der Waals surface area contributed by atoms with E-state index in [1.807, 2.05) is 11.4 Å². The highest BCUT2D eigenvalue weighted by atomic mass is 35.5. The molecule has 3 saturated heterocycles. The number of amides is 5. The Bertz CT molecular complexity index is 1470. The maximum absolute atomic E-state index is 14.0. The van der Waals surface area contributed by atoms with Crippen LogP contribution in [-0.4, -0.2) is 102 Å². The molecule has 5 heterocycles. The Morgan fingerprint density at radius 1 is 1.02 bits per heavy atom. The van der Waals surface area contributed by atoms with Crippen LogP contribution in [0.4, 0.5) is 33.4 Å². The lowest BCUT2D eigenvalue weighted by Gasteiger charge is -2.40. The van der Waals surface area contributed by atoms with Crippen molar-refractivity contribution >= 4 is 51.6 Å². The summed E-state index contributed by atoms with van der Waals surface area (Å²) in [6, 6.07) is 3.10. The number of hydrogen-bond donors (Lipinski definition) is 3. The van der Waals surface area contributed by atoms with Crippen molar-refractivity contribution in [2.45, 2.75) is 75.8 Å². The summed E-state index contributed by atoms with van der Waals surface area (Å²) in [5, 5.41) is 11.0. The van der Waals surface area contributed by atoms with E-state index in [-0.39, 0.29) is 40.7 Å². The maximum atomic E-state index is 14.0. The van der Waals surface area contributed by atoms with E-state index in [4.69, 9.17) is 11.6 Å². The van der Waals surface area contributed by atoms with Gasteiger partial charge in [0.25, 0.3) is 0 Å². The van der Waals surface area contributed by atoms with Gasteiger partial charge in [0.05, 0.1) is 22.8 Å². The van der Waals surface area contributed by atoms with Gasteiger partial charge in [0, 0.05) is 57.3 Å². The molecule has 256 valence electrons. The van der Waals surface area contributed by atoms with Gasteiger partial charge in [-0.05, 0) is 80.8 Å². The molecule has 6 rings (SSSR count). The third-order valence-corrected chi connectivity index (χ3v) is 11.1. The van der Waals surface area contributed by atoms with Gasteiger partial charge in [-0.2, -0.15) is 13.2 Å². The van der Waals surface area contributed by atoms with E-state index in [1.54, 1.807) is 14.7 Å². The fraction of sp³-hybridized carbons (Fsp3) is 0.594. The first-order valence-electron chi connectivity index (χ1n) is 16.3. The van der Waals surface area contributed by atoms with Crippen LogP contribution >= 0.6 is 22.9 Å². The third kappa shape index (κ3) is 7.44. The third-order valence-electron chi connectivity index (χ3n) is 9.94. The molecular weight excluding hydrogens is 655 g/mol. The van der Waals surface area contributed by atoms with Gasteiger partial charge in [0.15, 0.2) is 0 Å². The lowest BCUT2D eigenvalue weighted by Crippen LogP contribution is -2.57. The second kappa shape index (κ2) is 14.1. The number of fused-ring (bicyclic) bond motifs is 1. The van der Waals surface area contributed by atoms with E-state index in [9.17, 15) is 27.6 Å². The minimum Gasteiger partial charge on any atom is -0.386 e. The van der Waals surface area contributed by atoms with Crippen molar-refractivity contribution in [2.24, 2.45) is 0 Å². The molecule has 0 unspecified atom stereocenters. The summed E-state index contributed by atoms with van der Waals surface area (Å²) in [5.74, 6) is -0.313. The lowest BCUT2D eigenvalue weighted by molar-refractivity contribution is -0.137. The molecule has 4 aliphatic heterocycles. The minimum absolute atomic E-state index is 0.0462. The molecule has 0 radical (unpaired) electrons. The number of hydrogen-bond acceptors (Lipinski definition) is 6. The zero-order valence-corrected chi connectivity index (χ0v) is 27.9. The molecule has 1 atom stereocenters. The molecule has 3 N–H and O–H groups in total. The smallest absolute Gasteiger partial charge is 0.386 e. The maximum Gasteiger partial charge on any atom is 0.418 e. The van der Waals surface area contributed by atoms with Crippen LogP contribution in [0, 0.1) is 0 Å². The average molecular weight is 696 g/mol. The highest BCUT2D eigenvalue weighted by Gasteiger charge is 2.38. The number of carbonyl (C=O) groups is 3. The Hall–Kier alpha value is -3.23. The van der Waals surface area contributed by atoms with E-state index in [1.165, 1.54) is 37.3 Å². The normalized spacial score (nSPS) is 20.6. The first kappa shape index (κ1) is 33.7. The van der Waals surface area contributed by atoms with Crippen LogP contribution < -0.4 is 16.0 Å². The molecular formula is C32H41ClF3N7O3S. The Labute approximate surface area is 281 Å². The molecule has 10 nitrogen and oxygen atoms in total. The van der Waals surface area contributed by atoms with Crippen molar-refractivity contribution in [1.29, 1.82) is 0 Å². The van der Waals surface area contributed by atoms with Gasteiger partial charge in [-0.3, -0.25) is 10.1 Å². The van der Waals surface area contributed by atoms with Crippen LogP contribution in [0.25, 0.3) is 0 Å². The summed E-state index contributed by atoms with van der Waals surface area (Å²) in [5.41, 5.74) is 0.107. The molecule has 4 aliphatic rings. The predicted octanol–water partition coefficient (Wildman–Crippen LogP) is 5.68. The number of likely N-dealkylation sites (tertiary alicyclic amines) is 3. The molecule has 0 saturated carbocycles. The molecule has 1 aromatic carbocycles. The van der Waals surface area contributed by atoms with Gasteiger partial charge in [0.1, 0.15) is 11.0 Å². The molecule has 5 amide bonds. The van der Waals surface area contributed by atoms with Crippen molar-refractivity contribution in [3.63, 3.8) is 0 Å². The number of nitrogens with zero attached hydrogens (tertiary/aromatic N) is 4. The predicted molar refractivity (Wildman–Crippen MR) is 176 cm³/mol. The fourth-order valence-corrected chi connectivity index (χ4v) is 8.52. The molecule has 0 spiro atoms. The SMILES string of the molecule is CNc1c(Cl)cc(C[C@@H](NC(=O)N2CCC(N3Cc4ccsc4NC3=O)CC2)C(=O)N2CCC(N3CCCC3)CC2)cc1C(F)(F)F. The molecule has 47 heavy (non-hydrogen) atoms. The monoisotopic (exact) mass is 695 g/mol. The van der Waals surface area contributed by atoms with E-state index in [0.29, 0.717) is 51.6 Å². The van der Waals surface area contributed by atoms with Crippen molar-refractivity contribution in [3.05, 3.63) is 45.3 Å². The van der Waals surface area contributed by atoms with Gasteiger partial charge >= 0.3 is 18.2 Å². The van der Waals surface area contributed by atoms with Crippen LogP contribution in [-0.2, 0) is 23.9 Å². The van der Waals surface area contributed by atoms with Crippen LogP contribution in [0.3, 0.4) is 0 Å². The molecule has 2 aromatic rings. The van der Waals surface area contributed by atoms with E-state index in [0.717, 1.165) is 42.6 Å². The summed E-state index contributed by atoms with van der Waals surface area (Å²) in [4.78, 5) is 48.0.